The molecule has 146 valence electrons. The lowest BCUT2D eigenvalue weighted by Crippen LogP contribution is -2.08. The Labute approximate surface area is 171 Å². The quantitative estimate of drug-likeness (QED) is 0.342. The number of halogens is 1. The monoisotopic (exact) mass is 409 g/mol. The summed E-state index contributed by atoms with van der Waals surface area (Å²) < 4.78 is 16.0. The number of benzene rings is 2. The van der Waals surface area contributed by atoms with Crippen LogP contribution in [0, 0.1) is 6.92 Å². The summed E-state index contributed by atoms with van der Waals surface area (Å²) in [6, 6.07) is 14.0. The summed E-state index contributed by atoms with van der Waals surface area (Å²) in [5.74, 6) is 0.742. The molecule has 1 aliphatic rings. The van der Waals surface area contributed by atoms with E-state index in [0.717, 1.165) is 11.1 Å². The highest BCUT2D eigenvalue weighted by Gasteiger charge is 2.28. The van der Waals surface area contributed by atoms with Gasteiger partial charge in [0.2, 0.25) is 5.78 Å². The van der Waals surface area contributed by atoms with Crippen LogP contribution < -0.4 is 9.47 Å². The van der Waals surface area contributed by atoms with E-state index in [2.05, 4.69) is 5.16 Å². The number of carbonyl (C=O) groups excluding carboxylic acids is 2. The highest BCUT2D eigenvalue weighted by molar-refractivity contribution is 6.29. The van der Waals surface area contributed by atoms with Crippen LogP contribution in [-0.4, -0.2) is 16.9 Å². The highest BCUT2D eigenvalue weighted by Crippen LogP contribution is 2.35. The van der Waals surface area contributed by atoms with Gasteiger partial charge < -0.3 is 14.0 Å². The number of nitrogens with zero attached hydrogens (tertiary/aromatic N) is 1. The Balaban J connectivity index is 1.43. The van der Waals surface area contributed by atoms with Crippen LogP contribution in [0.3, 0.4) is 0 Å². The van der Waals surface area contributed by atoms with E-state index in [1.54, 1.807) is 24.3 Å². The number of rotatable bonds is 5. The molecule has 6 nitrogen and oxygen atoms in total. The molecule has 0 fully saturated rings. The second-order valence-electron chi connectivity index (χ2n) is 6.60. The molecular formula is C22H16ClNO5. The number of hydrogen-bond donors (Lipinski definition) is 0. The van der Waals surface area contributed by atoms with Crippen LogP contribution in [0.4, 0.5) is 0 Å². The molecular weight excluding hydrogens is 394 g/mol. The van der Waals surface area contributed by atoms with Gasteiger partial charge in [-0.3, -0.25) is 9.59 Å². The summed E-state index contributed by atoms with van der Waals surface area (Å²) >= 11 is 5.67. The van der Waals surface area contributed by atoms with E-state index >= 15 is 0 Å². The van der Waals surface area contributed by atoms with Crippen molar-refractivity contribution in [1.82, 2.24) is 5.16 Å². The average Bonchev–Trinajstić information content (AvgIpc) is 3.23. The number of esters is 1. The maximum absolute atomic E-state index is 12.6. The van der Waals surface area contributed by atoms with Crippen molar-refractivity contribution in [2.24, 2.45) is 0 Å². The molecule has 0 radical (unpaired) electrons. The molecule has 2 aromatic carbocycles. The molecule has 0 N–H and O–H groups in total. The van der Waals surface area contributed by atoms with Crippen molar-refractivity contribution >= 4 is 29.4 Å². The fourth-order valence-corrected chi connectivity index (χ4v) is 3.11. The molecule has 0 saturated heterocycles. The predicted octanol–water partition coefficient (Wildman–Crippen LogP) is 4.79. The Hall–Kier alpha value is -3.38. The van der Waals surface area contributed by atoms with E-state index in [4.69, 9.17) is 25.6 Å². The van der Waals surface area contributed by atoms with Crippen molar-refractivity contribution < 1.29 is 23.6 Å². The maximum atomic E-state index is 12.6. The van der Waals surface area contributed by atoms with Gasteiger partial charge in [0.05, 0.1) is 12.0 Å². The molecule has 0 bridgehead atoms. The summed E-state index contributed by atoms with van der Waals surface area (Å²) in [4.78, 5) is 24.6. The predicted molar refractivity (Wildman–Crippen MR) is 106 cm³/mol. The van der Waals surface area contributed by atoms with Crippen LogP contribution in [-0.2, 0) is 11.2 Å². The molecule has 0 saturated carbocycles. The third-order valence-electron chi connectivity index (χ3n) is 4.32. The average molecular weight is 410 g/mol. The molecule has 0 amide bonds. The van der Waals surface area contributed by atoms with Crippen LogP contribution >= 0.6 is 11.6 Å². The highest BCUT2D eigenvalue weighted by atomic mass is 35.5. The van der Waals surface area contributed by atoms with Gasteiger partial charge in [0, 0.05) is 18.6 Å². The molecule has 7 heteroatoms. The van der Waals surface area contributed by atoms with Crippen molar-refractivity contribution in [3.8, 4) is 11.5 Å². The lowest BCUT2D eigenvalue weighted by atomic mass is 10.1. The smallest absolute Gasteiger partial charge is 0.311 e. The van der Waals surface area contributed by atoms with E-state index in [1.807, 2.05) is 31.2 Å². The van der Waals surface area contributed by atoms with Crippen LogP contribution in [0.1, 0.15) is 33.7 Å². The molecule has 0 atom stereocenters. The van der Waals surface area contributed by atoms with Gasteiger partial charge in [-0.25, -0.2) is 0 Å². The van der Waals surface area contributed by atoms with E-state index in [1.165, 1.54) is 6.07 Å². The number of aromatic nitrogens is 1. The minimum atomic E-state index is -0.447. The van der Waals surface area contributed by atoms with Crippen molar-refractivity contribution in [3.05, 3.63) is 81.9 Å². The minimum Gasteiger partial charge on any atom is -0.452 e. The number of carbonyl (C=O) groups is 2. The fraction of sp³-hybridized carbons (Fsp3) is 0.136. The topological polar surface area (TPSA) is 78.6 Å². The molecule has 0 aliphatic carbocycles. The first-order valence-electron chi connectivity index (χ1n) is 8.95. The molecule has 0 spiro atoms. The van der Waals surface area contributed by atoms with Crippen molar-refractivity contribution in [2.75, 3.05) is 0 Å². The number of fused-ring (bicyclic) bond motifs is 1. The molecule has 0 unspecified atom stereocenters. The maximum Gasteiger partial charge on any atom is 0.311 e. The molecule has 1 aliphatic heterocycles. The normalized spacial score (nSPS) is 14.0. The first-order valence-corrected chi connectivity index (χ1v) is 9.32. The Bertz CT molecular complexity index is 1130. The second kappa shape index (κ2) is 7.93. The largest absolute Gasteiger partial charge is 0.452 e. The van der Waals surface area contributed by atoms with Crippen molar-refractivity contribution in [3.63, 3.8) is 0 Å². The van der Waals surface area contributed by atoms with Gasteiger partial charge in [0.1, 0.15) is 17.3 Å². The van der Waals surface area contributed by atoms with Gasteiger partial charge in [-0.2, -0.15) is 0 Å². The molecule has 1 aromatic heterocycles. The van der Waals surface area contributed by atoms with Crippen LogP contribution in [0.15, 0.2) is 58.8 Å². The number of ketones is 1. The molecule has 29 heavy (non-hydrogen) atoms. The summed E-state index contributed by atoms with van der Waals surface area (Å²) in [7, 11) is 0. The third-order valence-corrected chi connectivity index (χ3v) is 4.50. The number of aryl methyl sites for hydroxylation is 2. The van der Waals surface area contributed by atoms with Gasteiger partial charge in [0.25, 0.3) is 0 Å². The zero-order chi connectivity index (χ0) is 20.4. The van der Waals surface area contributed by atoms with Gasteiger partial charge in [-0.05, 0) is 30.7 Å². The second-order valence-corrected chi connectivity index (χ2v) is 6.99. The number of allylic oxidation sites excluding steroid dienone is 1. The van der Waals surface area contributed by atoms with Gasteiger partial charge in [-0.1, -0.05) is 46.6 Å². The van der Waals surface area contributed by atoms with Gasteiger partial charge in [-0.15, -0.1) is 0 Å². The zero-order valence-corrected chi connectivity index (χ0v) is 16.2. The Kier molecular flexibility index (Phi) is 5.18. The minimum absolute atomic E-state index is 0.0981. The summed E-state index contributed by atoms with van der Waals surface area (Å²) in [5.41, 5.74) is 2.39. The summed E-state index contributed by atoms with van der Waals surface area (Å²) in [6.07, 6.45) is 2.12. The lowest BCUT2D eigenvalue weighted by molar-refractivity contribution is -0.134. The first kappa shape index (κ1) is 19.0. The van der Waals surface area contributed by atoms with E-state index in [-0.39, 0.29) is 23.1 Å². The Morgan fingerprint density at radius 3 is 2.83 bits per heavy atom. The number of ether oxygens (including phenoxy) is 2. The zero-order valence-electron chi connectivity index (χ0n) is 15.5. The van der Waals surface area contributed by atoms with Gasteiger partial charge >= 0.3 is 5.97 Å². The summed E-state index contributed by atoms with van der Waals surface area (Å²) in [5, 5.41) is 3.79. The Morgan fingerprint density at radius 1 is 1.21 bits per heavy atom. The standard InChI is InChI=1S/C22H16ClNO5/c1-13-3-2-4-14(9-13)10-19-22(26)17-7-5-15(11-18(17)28-19)27-21(25)8-6-16-12-20(23)24-29-16/h2-5,7,9-12H,6,8H2,1H3/b19-10-. The van der Waals surface area contributed by atoms with E-state index < -0.39 is 5.97 Å². The van der Waals surface area contributed by atoms with E-state index in [0.29, 0.717) is 29.2 Å². The van der Waals surface area contributed by atoms with Crippen molar-refractivity contribution in [1.29, 1.82) is 0 Å². The van der Waals surface area contributed by atoms with Crippen molar-refractivity contribution in [2.45, 2.75) is 19.8 Å². The van der Waals surface area contributed by atoms with Crippen LogP contribution in [0.5, 0.6) is 11.5 Å². The molecule has 4 rings (SSSR count). The van der Waals surface area contributed by atoms with Crippen LogP contribution in [0.25, 0.3) is 6.08 Å². The molecule has 2 heterocycles. The Morgan fingerprint density at radius 2 is 2.07 bits per heavy atom. The fourth-order valence-electron chi connectivity index (χ4n) is 2.96. The van der Waals surface area contributed by atoms with Crippen LogP contribution in [0.2, 0.25) is 5.15 Å². The number of hydrogen-bond acceptors (Lipinski definition) is 6. The number of Topliss-reactive ketones (excluding diaryl/α,β-unsaturated/α-hetero) is 1. The lowest BCUT2D eigenvalue weighted by Gasteiger charge is -2.05. The summed E-state index contributed by atoms with van der Waals surface area (Å²) in [6.45, 7) is 1.98. The molecule has 3 aromatic rings. The van der Waals surface area contributed by atoms with E-state index in [9.17, 15) is 9.59 Å². The first-order chi connectivity index (χ1) is 14.0. The SMILES string of the molecule is Cc1cccc(/C=C2\Oc3cc(OC(=O)CCc4cc(Cl)no4)ccc3C2=O)c1. The third kappa shape index (κ3) is 4.38. The van der Waals surface area contributed by atoms with Gasteiger partial charge in [0.15, 0.2) is 10.9 Å².